The molecular formula is C17H22N2O3. The molecule has 0 aliphatic heterocycles. The third kappa shape index (κ3) is 3.47. The van der Waals surface area contributed by atoms with Crippen molar-refractivity contribution in [3.8, 4) is 5.75 Å². The van der Waals surface area contributed by atoms with Gasteiger partial charge < -0.3 is 15.8 Å². The second-order valence-electron chi connectivity index (χ2n) is 5.65. The van der Waals surface area contributed by atoms with Crippen LogP contribution in [0.2, 0.25) is 0 Å². The van der Waals surface area contributed by atoms with E-state index in [0.717, 1.165) is 11.1 Å². The first-order chi connectivity index (χ1) is 10.4. The van der Waals surface area contributed by atoms with Gasteiger partial charge in [-0.1, -0.05) is 6.08 Å². The van der Waals surface area contributed by atoms with Gasteiger partial charge in [-0.15, -0.1) is 0 Å². The Morgan fingerprint density at radius 3 is 2.59 bits per heavy atom. The molecule has 1 amide bonds. The largest absolute Gasteiger partial charge is 0.489 e. The van der Waals surface area contributed by atoms with Crippen molar-refractivity contribution >= 4 is 23.0 Å². The Morgan fingerprint density at radius 2 is 2.05 bits per heavy atom. The second kappa shape index (κ2) is 6.64. The number of hydrogen-bond donors (Lipinski definition) is 2. The zero-order chi connectivity index (χ0) is 16.3. The number of ketones is 1. The van der Waals surface area contributed by atoms with E-state index in [2.05, 4.69) is 5.32 Å². The van der Waals surface area contributed by atoms with Crippen LogP contribution in [0.5, 0.6) is 5.75 Å². The molecule has 1 aliphatic carbocycles. The fraction of sp³-hybridized carbons (Fsp3) is 0.412. The van der Waals surface area contributed by atoms with E-state index in [1.54, 1.807) is 13.1 Å². The number of carbonyl (C=O) groups is 2. The van der Waals surface area contributed by atoms with Crippen LogP contribution in [-0.2, 0) is 4.79 Å². The molecule has 0 atom stereocenters. The Hall–Kier alpha value is -2.30. The molecule has 0 radical (unpaired) electrons. The molecule has 5 nitrogen and oxygen atoms in total. The summed E-state index contributed by atoms with van der Waals surface area (Å²) in [7, 11) is 1.58. The average molecular weight is 302 g/mol. The molecule has 1 aromatic rings. The number of rotatable bonds is 4. The number of carbonyl (C=O) groups excluding carboxylic acids is 2. The Morgan fingerprint density at radius 1 is 1.32 bits per heavy atom. The van der Waals surface area contributed by atoms with Crippen molar-refractivity contribution in [2.75, 3.05) is 12.8 Å². The van der Waals surface area contributed by atoms with Crippen LogP contribution in [-0.4, -0.2) is 24.8 Å². The van der Waals surface area contributed by atoms with Gasteiger partial charge >= 0.3 is 0 Å². The molecule has 0 unspecified atom stereocenters. The topological polar surface area (TPSA) is 81.4 Å². The normalized spacial score (nSPS) is 14.7. The van der Waals surface area contributed by atoms with Gasteiger partial charge in [-0.2, -0.15) is 0 Å². The maximum absolute atomic E-state index is 12.1. The highest BCUT2D eigenvalue weighted by atomic mass is 16.5. The Labute approximate surface area is 130 Å². The van der Waals surface area contributed by atoms with Crippen molar-refractivity contribution in [2.24, 2.45) is 0 Å². The van der Waals surface area contributed by atoms with Crippen LogP contribution < -0.4 is 15.8 Å². The van der Waals surface area contributed by atoms with Gasteiger partial charge in [-0.3, -0.25) is 9.59 Å². The van der Waals surface area contributed by atoms with Crippen LogP contribution in [0, 0.1) is 0 Å². The van der Waals surface area contributed by atoms with Crippen LogP contribution >= 0.6 is 0 Å². The third-order valence-corrected chi connectivity index (χ3v) is 3.58. The van der Waals surface area contributed by atoms with Crippen LogP contribution in [0.1, 0.15) is 49.0 Å². The quantitative estimate of drug-likeness (QED) is 0.837. The summed E-state index contributed by atoms with van der Waals surface area (Å²) in [4.78, 5) is 23.5. The molecule has 0 bridgehead atoms. The van der Waals surface area contributed by atoms with Gasteiger partial charge in [0.2, 0.25) is 0 Å². The number of amides is 1. The lowest BCUT2D eigenvalue weighted by Gasteiger charge is -2.19. The first-order valence-corrected chi connectivity index (χ1v) is 7.45. The number of nitrogen functional groups attached to an aromatic ring is 1. The Bertz CT molecular complexity index is 633. The maximum Gasteiger partial charge on any atom is 0.251 e. The van der Waals surface area contributed by atoms with Gasteiger partial charge in [0.05, 0.1) is 11.8 Å². The van der Waals surface area contributed by atoms with E-state index in [1.165, 1.54) is 0 Å². The van der Waals surface area contributed by atoms with E-state index in [9.17, 15) is 9.59 Å². The van der Waals surface area contributed by atoms with E-state index in [4.69, 9.17) is 10.5 Å². The van der Waals surface area contributed by atoms with Crippen molar-refractivity contribution in [3.63, 3.8) is 0 Å². The first-order valence-electron chi connectivity index (χ1n) is 7.45. The van der Waals surface area contributed by atoms with Crippen molar-refractivity contribution in [3.05, 3.63) is 29.3 Å². The SMILES string of the molecule is CNC(=O)c1cc(N)c(OC(C)C)cc1C1=CCC(=O)CC1. The summed E-state index contributed by atoms with van der Waals surface area (Å²) < 4.78 is 5.72. The van der Waals surface area contributed by atoms with Gasteiger partial charge in [0, 0.05) is 25.5 Å². The molecule has 3 N–H and O–H groups in total. The molecule has 2 rings (SSSR count). The minimum atomic E-state index is -0.199. The molecule has 0 spiro atoms. The molecule has 0 aromatic heterocycles. The Kier molecular flexibility index (Phi) is 4.85. The number of hydrogen-bond acceptors (Lipinski definition) is 4. The lowest BCUT2D eigenvalue weighted by Crippen LogP contribution is -2.20. The summed E-state index contributed by atoms with van der Waals surface area (Å²) >= 11 is 0. The number of Topliss-reactive ketones (excluding diaryl/α,β-unsaturated/α-hetero) is 1. The molecule has 1 aliphatic rings. The third-order valence-electron chi connectivity index (χ3n) is 3.58. The number of anilines is 1. The van der Waals surface area contributed by atoms with Gasteiger partial charge in [0.1, 0.15) is 11.5 Å². The zero-order valence-corrected chi connectivity index (χ0v) is 13.2. The predicted molar refractivity (Wildman–Crippen MR) is 86.8 cm³/mol. The number of allylic oxidation sites excluding steroid dienone is 2. The van der Waals surface area contributed by atoms with E-state index in [1.807, 2.05) is 26.0 Å². The fourth-order valence-corrected chi connectivity index (χ4v) is 2.50. The van der Waals surface area contributed by atoms with Crippen molar-refractivity contribution in [1.82, 2.24) is 5.32 Å². The monoisotopic (exact) mass is 302 g/mol. The summed E-state index contributed by atoms with van der Waals surface area (Å²) in [6.45, 7) is 3.84. The number of nitrogens with two attached hydrogens (primary N) is 1. The summed E-state index contributed by atoms with van der Waals surface area (Å²) in [5.41, 5.74) is 8.73. The molecule has 0 fully saturated rings. The van der Waals surface area contributed by atoms with Crippen molar-refractivity contribution in [1.29, 1.82) is 0 Å². The molecule has 0 heterocycles. The minimum absolute atomic E-state index is 0.0112. The minimum Gasteiger partial charge on any atom is -0.489 e. The lowest BCUT2D eigenvalue weighted by molar-refractivity contribution is -0.118. The van der Waals surface area contributed by atoms with Crippen LogP contribution in [0.4, 0.5) is 5.69 Å². The summed E-state index contributed by atoms with van der Waals surface area (Å²) in [6.07, 6.45) is 3.43. The molecule has 118 valence electrons. The fourth-order valence-electron chi connectivity index (χ4n) is 2.50. The maximum atomic E-state index is 12.1. The molecular weight excluding hydrogens is 280 g/mol. The van der Waals surface area contributed by atoms with Crippen molar-refractivity contribution in [2.45, 2.75) is 39.2 Å². The first kappa shape index (κ1) is 16.1. The summed E-state index contributed by atoms with van der Waals surface area (Å²) in [6, 6.07) is 3.45. The summed E-state index contributed by atoms with van der Waals surface area (Å²) in [5, 5.41) is 2.63. The number of nitrogens with one attached hydrogen (secondary N) is 1. The van der Waals surface area contributed by atoms with Crippen LogP contribution in [0.3, 0.4) is 0 Å². The zero-order valence-electron chi connectivity index (χ0n) is 13.2. The second-order valence-corrected chi connectivity index (χ2v) is 5.65. The van der Waals surface area contributed by atoms with Crippen LogP contribution in [0.25, 0.3) is 5.57 Å². The van der Waals surface area contributed by atoms with Gasteiger partial charge in [-0.25, -0.2) is 0 Å². The van der Waals surface area contributed by atoms with Crippen LogP contribution in [0.15, 0.2) is 18.2 Å². The standard InChI is InChI=1S/C17H22N2O3/c1-10(2)22-16-9-13(11-4-6-12(20)7-5-11)14(8-15(16)18)17(21)19-3/h4,8-10H,5-7,18H2,1-3H3,(H,19,21). The van der Waals surface area contributed by atoms with E-state index >= 15 is 0 Å². The van der Waals surface area contributed by atoms with E-state index in [-0.39, 0.29) is 17.8 Å². The van der Waals surface area contributed by atoms with Gasteiger partial charge in [0.25, 0.3) is 5.91 Å². The van der Waals surface area contributed by atoms with Gasteiger partial charge in [-0.05, 0) is 43.5 Å². The molecule has 1 aromatic carbocycles. The number of ether oxygens (including phenoxy) is 1. The number of benzene rings is 1. The average Bonchev–Trinajstić information content (AvgIpc) is 2.48. The van der Waals surface area contributed by atoms with Gasteiger partial charge in [0.15, 0.2) is 0 Å². The molecule has 0 saturated heterocycles. The van der Waals surface area contributed by atoms with E-state index in [0.29, 0.717) is 36.3 Å². The summed E-state index contributed by atoms with van der Waals surface area (Å²) in [5.74, 6) is 0.588. The molecule has 22 heavy (non-hydrogen) atoms. The van der Waals surface area contributed by atoms with Crippen molar-refractivity contribution < 1.29 is 14.3 Å². The molecule has 5 heteroatoms. The smallest absolute Gasteiger partial charge is 0.251 e. The Balaban J connectivity index is 2.52. The molecule has 0 saturated carbocycles. The predicted octanol–water partition coefficient (Wildman–Crippen LogP) is 2.55. The lowest BCUT2D eigenvalue weighted by atomic mass is 9.89. The highest BCUT2D eigenvalue weighted by molar-refractivity contribution is 6.01. The van der Waals surface area contributed by atoms with E-state index < -0.39 is 0 Å². The highest BCUT2D eigenvalue weighted by Crippen LogP contribution is 2.34. The highest BCUT2D eigenvalue weighted by Gasteiger charge is 2.20.